The molecule has 0 spiro atoms. The lowest BCUT2D eigenvalue weighted by molar-refractivity contribution is 0.296. The second-order valence-electron chi connectivity index (χ2n) is 4.71. The van der Waals surface area contributed by atoms with Crippen LogP contribution in [0.2, 0.25) is 0 Å². The summed E-state index contributed by atoms with van der Waals surface area (Å²) < 4.78 is 14.5. The highest BCUT2D eigenvalue weighted by Gasteiger charge is 2.19. The summed E-state index contributed by atoms with van der Waals surface area (Å²) in [5, 5.41) is 0. The first-order valence-electron chi connectivity index (χ1n) is 6.68. The van der Waals surface area contributed by atoms with Gasteiger partial charge in [0.25, 0.3) is 5.88 Å². The number of piperidine rings is 1. The maximum Gasteiger partial charge on any atom is 0.271 e. The molecular formula is C14H17N3OS. The summed E-state index contributed by atoms with van der Waals surface area (Å²) in [7, 11) is 0. The van der Waals surface area contributed by atoms with Gasteiger partial charge in [-0.15, -0.1) is 4.37 Å². The Bertz CT molecular complexity index is 508. The predicted octanol–water partition coefficient (Wildman–Crippen LogP) is 3.11. The average Bonchev–Trinajstić information content (AvgIpc) is 2.95. The maximum atomic E-state index is 5.81. The van der Waals surface area contributed by atoms with E-state index in [2.05, 4.69) is 25.8 Å². The van der Waals surface area contributed by atoms with Crippen molar-refractivity contribution in [3.63, 3.8) is 0 Å². The van der Waals surface area contributed by atoms with Crippen molar-refractivity contribution in [1.82, 2.24) is 8.75 Å². The van der Waals surface area contributed by atoms with Gasteiger partial charge in [-0.05, 0) is 24.8 Å². The molecule has 0 N–H and O–H groups in total. The second-order valence-corrected chi connectivity index (χ2v) is 5.24. The lowest BCUT2D eigenvalue weighted by Crippen LogP contribution is -2.30. The van der Waals surface area contributed by atoms with Gasteiger partial charge in [-0.25, -0.2) is 0 Å². The molecule has 4 nitrogen and oxygen atoms in total. The van der Waals surface area contributed by atoms with Crippen LogP contribution in [0, 0.1) is 0 Å². The molecule has 0 radical (unpaired) electrons. The van der Waals surface area contributed by atoms with Crippen molar-refractivity contribution in [1.29, 1.82) is 0 Å². The summed E-state index contributed by atoms with van der Waals surface area (Å²) in [5.41, 5.74) is 1.15. The highest BCUT2D eigenvalue weighted by atomic mass is 32.1. The van der Waals surface area contributed by atoms with E-state index in [1.165, 1.54) is 31.0 Å². The third-order valence-corrected chi connectivity index (χ3v) is 3.82. The molecule has 1 saturated heterocycles. The van der Waals surface area contributed by atoms with E-state index in [-0.39, 0.29) is 0 Å². The third-order valence-electron chi connectivity index (χ3n) is 3.32. The van der Waals surface area contributed by atoms with Crippen LogP contribution in [0.3, 0.4) is 0 Å². The van der Waals surface area contributed by atoms with Crippen LogP contribution < -0.4 is 9.64 Å². The summed E-state index contributed by atoms with van der Waals surface area (Å²) in [4.78, 5) is 2.29. The summed E-state index contributed by atoms with van der Waals surface area (Å²) >= 11 is 1.23. The summed E-state index contributed by atoms with van der Waals surface area (Å²) in [6.07, 6.45) is 3.78. The Hall–Kier alpha value is -1.62. The van der Waals surface area contributed by atoms with Crippen molar-refractivity contribution in [2.45, 2.75) is 25.9 Å². The molecule has 100 valence electrons. The molecule has 1 aromatic carbocycles. The minimum Gasteiger partial charge on any atom is -0.470 e. The fourth-order valence-electron chi connectivity index (χ4n) is 2.29. The second kappa shape index (κ2) is 6.02. The summed E-state index contributed by atoms with van der Waals surface area (Å²) in [6, 6.07) is 10.2. The van der Waals surface area contributed by atoms with Gasteiger partial charge in [0, 0.05) is 13.1 Å². The van der Waals surface area contributed by atoms with E-state index in [1.54, 1.807) is 0 Å². The Morgan fingerprint density at radius 2 is 1.84 bits per heavy atom. The van der Waals surface area contributed by atoms with Crippen molar-refractivity contribution in [2.24, 2.45) is 0 Å². The van der Waals surface area contributed by atoms with Gasteiger partial charge in [0.05, 0.1) is 11.7 Å². The van der Waals surface area contributed by atoms with E-state index in [1.807, 2.05) is 18.2 Å². The molecule has 0 unspecified atom stereocenters. The number of ether oxygens (including phenoxy) is 1. The number of aromatic nitrogens is 2. The Morgan fingerprint density at radius 1 is 1.05 bits per heavy atom. The minimum absolute atomic E-state index is 0.549. The molecule has 1 aromatic heterocycles. The van der Waals surface area contributed by atoms with Gasteiger partial charge in [0.2, 0.25) is 5.82 Å². The minimum atomic E-state index is 0.549. The Morgan fingerprint density at radius 3 is 2.63 bits per heavy atom. The van der Waals surface area contributed by atoms with Crippen LogP contribution in [0.25, 0.3) is 0 Å². The largest absolute Gasteiger partial charge is 0.470 e. The first-order valence-corrected chi connectivity index (χ1v) is 7.41. The molecule has 0 saturated carbocycles. The highest BCUT2D eigenvalue weighted by Crippen LogP contribution is 2.28. The molecule has 0 aliphatic carbocycles. The van der Waals surface area contributed by atoms with Crippen LogP contribution in [0.1, 0.15) is 24.8 Å². The van der Waals surface area contributed by atoms with E-state index in [9.17, 15) is 0 Å². The topological polar surface area (TPSA) is 38.3 Å². The van der Waals surface area contributed by atoms with Gasteiger partial charge < -0.3 is 9.64 Å². The maximum absolute atomic E-state index is 5.81. The van der Waals surface area contributed by atoms with Gasteiger partial charge >= 0.3 is 0 Å². The molecule has 1 fully saturated rings. The van der Waals surface area contributed by atoms with Crippen LogP contribution in [0.15, 0.2) is 30.3 Å². The van der Waals surface area contributed by atoms with E-state index < -0.39 is 0 Å². The number of benzene rings is 1. The van der Waals surface area contributed by atoms with Crippen molar-refractivity contribution >= 4 is 17.5 Å². The Balaban J connectivity index is 1.66. The Kier molecular flexibility index (Phi) is 3.93. The lowest BCUT2D eigenvalue weighted by atomic mass is 10.1. The van der Waals surface area contributed by atoms with Gasteiger partial charge in [-0.2, -0.15) is 4.37 Å². The third kappa shape index (κ3) is 3.04. The summed E-state index contributed by atoms with van der Waals surface area (Å²) in [5.74, 6) is 1.59. The molecule has 1 aliphatic rings. The van der Waals surface area contributed by atoms with E-state index in [0.717, 1.165) is 24.5 Å². The molecule has 0 amide bonds. The molecule has 5 heteroatoms. The van der Waals surface area contributed by atoms with Crippen molar-refractivity contribution < 1.29 is 4.74 Å². The smallest absolute Gasteiger partial charge is 0.271 e. The molecule has 3 rings (SSSR count). The fraction of sp³-hybridized carbons (Fsp3) is 0.429. The molecule has 0 atom stereocenters. The molecule has 2 aromatic rings. The number of rotatable bonds is 4. The molecule has 1 aliphatic heterocycles. The standard InChI is InChI=1S/C14H17N3OS/c1-3-7-12(8-4-1)11-18-14-13(15-19-16-14)17-9-5-2-6-10-17/h1,3-4,7-8H,2,5-6,9-11H2. The van der Waals surface area contributed by atoms with Crippen LogP contribution in [0.5, 0.6) is 5.88 Å². The predicted molar refractivity (Wildman–Crippen MR) is 76.7 cm³/mol. The van der Waals surface area contributed by atoms with Gasteiger partial charge in [0.15, 0.2) is 0 Å². The van der Waals surface area contributed by atoms with Crippen molar-refractivity contribution in [3.05, 3.63) is 35.9 Å². The van der Waals surface area contributed by atoms with Gasteiger partial charge in [-0.1, -0.05) is 30.3 Å². The van der Waals surface area contributed by atoms with E-state index >= 15 is 0 Å². The summed E-state index contributed by atoms with van der Waals surface area (Å²) in [6.45, 7) is 2.67. The average molecular weight is 275 g/mol. The molecule has 2 heterocycles. The van der Waals surface area contributed by atoms with Gasteiger partial charge in [-0.3, -0.25) is 0 Å². The van der Waals surface area contributed by atoms with E-state index in [0.29, 0.717) is 12.5 Å². The lowest BCUT2D eigenvalue weighted by Gasteiger charge is -2.26. The zero-order chi connectivity index (χ0) is 12.9. The zero-order valence-corrected chi connectivity index (χ0v) is 11.6. The van der Waals surface area contributed by atoms with Crippen molar-refractivity contribution in [2.75, 3.05) is 18.0 Å². The monoisotopic (exact) mass is 275 g/mol. The van der Waals surface area contributed by atoms with Crippen LogP contribution in [-0.4, -0.2) is 21.8 Å². The van der Waals surface area contributed by atoms with Crippen LogP contribution >= 0.6 is 11.7 Å². The van der Waals surface area contributed by atoms with Crippen LogP contribution in [-0.2, 0) is 6.61 Å². The molecule has 19 heavy (non-hydrogen) atoms. The van der Waals surface area contributed by atoms with Gasteiger partial charge in [0.1, 0.15) is 6.61 Å². The fourth-order valence-corrected chi connectivity index (χ4v) is 2.81. The van der Waals surface area contributed by atoms with Crippen LogP contribution in [0.4, 0.5) is 5.82 Å². The quantitative estimate of drug-likeness (QED) is 0.859. The van der Waals surface area contributed by atoms with Crippen molar-refractivity contribution in [3.8, 4) is 5.88 Å². The Labute approximate surface area is 117 Å². The number of nitrogens with zero attached hydrogens (tertiary/aromatic N) is 3. The molecule has 0 bridgehead atoms. The SMILES string of the molecule is c1ccc(COc2nsnc2N2CCCCC2)cc1. The normalized spacial score (nSPS) is 15.5. The first kappa shape index (κ1) is 12.4. The number of anilines is 1. The van der Waals surface area contributed by atoms with E-state index in [4.69, 9.17) is 4.74 Å². The number of hydrogen-bond donors (Lipinski definition) is 0. The first-order chi connectivity index (χ1) is 9.43. The highest BCUT2D eigenvalue weighted by molar-refractivity contribution is 6.99. The molecular weight excluding hydrogens is 258 g/mol. The zero-order valence-electron chi connectivity index (χ0n) is 10.8. The number of hydrogen-bond acceptors (Lipinski definition) is 5.